The van der Waals surface area contributed by atoms with E-state index >= 15 is 0 Å². The Hall–Kier alpha value is 0.137. The molecule has 18 heavy (non-hydrogen) atoms. The van der Waals surface area contributed by atoms with Gasteiger partial charge in [-0.1, -0.05) is 57.8 Å². The van der Waals surface area contributed by atoms with Gasteiger partial charge in [-0.05, 0) is 32.1 Å². The number of unbranched alkanes of at least 4 members (excludes halogenated alkanes) is 9. The van der Waals surface area contributed by atoms with Crippen LogP contribution in [0.1, 0.15) is 64.2 Å². The minimum absolute atomic E-state index is 0.862. The first kappa shape index (κ1) is 18.1. The second-order valence-corrected chi connectivity index (χ2v) is 10.5. The van der Waals surface area contributed by atoms with Crippen LogP contribution in [0.5, 0.6) is 0 Å². The first-order chi connectivity index (χ1) is 8.62. The zero-order chi connectivity index (χ0) is 13.7. The predicted molar refractivity (Wildman–Crippen MR) is 84.5 cm³/mol. The molecule has 3 heteroatoms. The van der Waals surface area contributed by atoms with Crippen LogP contribution in [0.2, 0.25) is 19.1 Å². The highest BCUT2D eigenvalue weighted by Crippen LogP contribution is 2.16. The lowest BCUT2D eigenvalue weighted by Gasteiger charge is -2.19. The van der Waals surface area contributed by atoms with Gasteiger partial charge in [0.25, 0.3) is 0 Å². The molecule has 0 amide bonds. The highest BCUT2D eigenvalue weighted by Gasteiger charge is 2.18. The van der Waals surface area contributed by atoms with E-state index in [-0.39, 0.29) is 0 Å². The molecule has 0 aliphatic heterocycles. The van der Waals surface area contributed by atoms with Gasteiger partial charge >= 0.3 is 0 Å². The average molecular weight is 274 g/mol. The third-order valence-electron chi connectivity index (χ3n) is 3.79. The van der Waals surface area contributed by atoms with Crippen molar-refractivity contribution >= 4 is 8.32 Å². The van der Waals surface area contributed by atoms with Crippen molar-refractivity contribution in [3.63, 3.8) is 0 Å². The Balaban J connectivity index is 3.08. The summed E-state index contributed by atoms with van der Waals surface area (Å²) in [5, 5.41) is 0. The van der Waals surface area contributed by atoms with Crippen molar-refractivity contribution in [3.8, 4) is 0 Å². The molecule has 0 saturated carbocycles. The van der Waals surface area contributed by atoms with Gasteiger partial charge in [0.15, 0.2) is 8.32 Å². The minimum Gasteiger partial charge on any atom is -0.420 e. The van der Waals surface area contributed by atoms with E-state index in [4.69, 9.17) is 10.2 Å². The maximum absolute atomic E-state index is 5.56. The Labute approximate surface area is 116 Å². The molecule has 0 heterocycles. The average Bonchev–Trinajstić information content (AvgIpc) is 2.36. The van der Waals surface area contributed by atoms with Crippen LogP contribution >= 0.6 is 0 Å². The summed E-state index contributed by atoms with van der Waals surface area (Å²) in [4.78, 5) is 0. The summed E-state index contributed by atoms with van der Waals surface area (Å²) in [6.45, 7) is 5.49. The fourth-order valence-corrected chi connectivity index (χ4v) is 3.52. The quantitative estimate of drug-likeness (QED) is 0.390. The molecule has 0 bridgehead atoms. The molecule has 2 nitrogen and oxygen atoms in total. The summed E-state index contributed by atoms with van der Waals surface area (Å²) in [7, 11) is 0.590. The van der Waals surface area contributed by atoms with Gasteiger partial charge in [0.05, 0.1) is 0 Å². The van der Waals surface area contributed by atoms with Crippen molar-refractivity contribution in [2.24, 2.45) is 5.73 Å². The van der Waals surface area contributed by atoms with E-state index in [9.17, 15) is 0 Å². The molecule has 0 unspecified atom stereocenters. The maximum atomic E-state index is 5.56. The van der Waals surface area contributed by atoms with E-state index in [1.165, 1.54) is 70.3 Å². The molecule has 0 aromatic rings. The van der Waals surface area contributed by atoms with Gasteiger partial charge in [0.1, 0.15) is 0 Å². The summed E-state index contributed by atoms with van der Waals surface area (Å²) in [5.74, 6) is 0. The van der Waals surface area contributed by atoms with Gasteiger partial charge in [-0.2, -0.15) is 0 Å². The van der Waals surface area contributed by atoms with Gasteiger partial charge in [-0.3, -0.25) is 0 Å². The molecule has 0 aliphatic carbocycles. The van der Waals surface area contributed by atoms with E-state index in [1.54, 1.807) is 0 Å². The lowest BCUT2D eigenvalue weighted by molar-refractivity contribution is 0.400. The maximum Gasteiger partial charge on any atom is 0.186 e. The fraction of sp³-hybridized carbons (Fsp3) is 1.00. The van der Waals surface area contributed by atoms with Crippen LogP contribution in [0, 0.1) is 0 Å². The molecule has 0 fully saturated rings. The number of rotatable bonds is 13. The van der Waals surface area contributed by atoms with Crippen LogP contribution in [0.4, 0.5) is 0 Å². The smallest absolute Gasteiger partial charge is 0.186 e. The summed E-state index contributed by atoms with van der Waals surface area (Å²) in [6.07, 6.45) is 13.8. The topological polar surface area (TPSA) is 35.2 Å². The van der Waals surface area contributed by atoms with Gasteiger partial charge < -0.3 is 10.2 Å². The van der Waals surface area contributed by atoms with Crippen LogP contribution < -0.4 is 5.73 Å². The number of hydrogen-bond acceptors (Lipinski definition) is 2. The molecular weight excluding hydrogens is 238 g/mol. The molecule has 0 aromatic carbocycles. The molecule has 0 aromatic heterocycles. The Bertz CT molecular complexity index is 174. The highest BCUT2D eigenvalue weighted by atomic mass is 28.4. The van der Waals surface area contributed by atoms with E-state index in [1.807, 2.05) is 7.11 Å². The van der Waals surface area contributed by atoms with Crippen LogP contribution in [0.3, 0.4) is 0 Å². The van der Waals surface area contributed by atoms with E-state index in [0.717, 1.165) is 6.54 Å². The molecule has 0 atom stereocenters. The van der Waals surface area contributed by atoms with Crippen LogP contribution in [-0.2, 0) is 4.43 Å². The van der Waals surface area contributed by atoms with Gasteiger partial charge in [0.2, 0.25) is 0 Å². The first-order valence-electron chi connectivity index (χ1n) is 7.87. The molecule has 0 rings (SSSR count). The molecule has 110 valence electrons. The molecule has 0 aliphatic rings. The summed E-state index contributed by atoms with van der Waals surface area (Å²) in [5.41, 5.74) is 5.47. The largest absolute Gasteiger partial charge is 0.420 e. The van der Waals surface area contributed by atoms with Gasteiger partial charge in [-0.15, -0.1) is 0 Å². The molecule has 0 saturated heterocycles. The lowest BCUT2D eigenvalue weighted by Crippen LogP contribution is -2.27. The van der Waals surface area contributed by atoms with Crippen molar-refractivity contribution in [3.05, 3.63) is 0 Å². The first-order valence-corrected chi connectivity index (χ1v) is 11.0. The summed E-state index contributed by atoms with van der Waals surface area (Å²) < 4.78 is 5.56. The molecule has 2 N–H and O–H groups in total. The second-order valence-electron chi connectivity index (χ2n) is 6.04. The Kier molecular flexibility index (Phi) is 12.3. The van der Waals surface area contributed by atoms with E-state index in [2.05, 4.69) is 13.1 Å². The zero-order valence-electron chi connectivity index (χ0n) is 13.0. The third kappa shape index (κ3) is 12.6. The molecular formula is C15H35NOSi. The highest BCUT2D eigenvalue weighted by molar-refractivity contribution is 6.71. The lowest BCUT2D eigenvalue weighted by atomic mass is 10.1. The monoisotopic (exact) mass is 273 g/mol. The SMILES string of the molecule is CO[Si](C)(C)CCCCCCCCCCCCN. The number of hydrogen-bond donors (Lipinski definition) is 1. The Morgan fingerprint density at radius 1 is 0.722 bits per heavy atom. The summed E-state index contributed by atoms with van der Waals surface area (Å²) in [6, 6.07) is 1.32. The van der Waals surface area contributed by atoms with Crippen LogP contribution in [0.25, 0.3) is 0 Å². The minimum atomic E-state index is -1.28. The zero-order valence-corrected chi connectivity index (χ0v) is 14.0. The van der Waals surface area contributed by atoms with E-state index < -0.39 is 8.32 Å². The number of nitrogens with two attached hydrogens (primary N) is 1. The fourth-order valence-electron chi connectivity index (χ4n) is 2.21. The van der Waals surface area contributed by atoms with Crippen LogP contribution in [-0.4, -0.2) is 22.0 Å². The standard InChI is InChI=1S/C15H35NOSi/c1-17-18(2,3)15-13-11-9-7-5-4-6-8-10-12-14-16/h4-16H2,1-3H3. The van der Waals surface area contributed by atoms with Gasteiger partial charge in [-0.25, -0.2) is 0 Å². The van der Waals surface area contributed by atoms with Gasteiger partial charge in [0, 0.05) is 7.11 Å². The van der Waals surface area contributed by atoms with Crippen LogP contribution in [0.15, 0.2) is 0 Å². The van der Waals surface area contributed by atoms with Crippen molar-refractivity contribution in [1.29, 1.82) is 0 Å². The van der Waals surface area contributed by atoms with Crippen molar-refractivity contribution < 1.29 is 4.43 Å². The molecule has 0 spiro atoms. The van der Waals surface area contributed by atoms with Crippen molar-refractivity contribution in [2.75, 3.05) is 13.7 Å². The van der Waals surface area contributed by atoms with Crippen molar-refractivity contribution in [1.82, 2.24) is 0 Å². The molecule has 0 radical (unpaired) electrons. The Morgan fingerprint density at radius 2 is 1.11 bits per heavy atom. The normalized spacial score (nSPS) is 12.0. The van der Waals surface area contributed by atoms with Crippen molar-refractivity contribution in [2.45, 2.75) is 83.3 Å². The second kappa shape index (κ2) is 12.2. The summed E-state index contributed by atoms with van der Waals surface area (Å²) >= 11 is 0. The third-order valence-corrected chi connectivity index (χ3v) is 6.45. The van der Waals surface area contributed by atoms with E-state index in [0.29, 0.717) is 0 Å². The predicted octanol–water partition coefficient (Wildman–Crippen LogP) is 4.70. The Morgan fingerprint density at radius 3 is 1.50 bits per heavy atom.